The highest BCUT2D eigenvalue weighted by Gasteiger charge is 2.24. The number of rotatable bonds is 5. The zero-order chi connectivity index (χ0) is 15.9. The summed E-state index contributed by atoms with van der Waals surface area (Å²) in [4.78, 5) is 30.9. The van der Waals surface area contributed by atoms with Crippen LogP contribution in [0.15, 0.2) is 24.5 Å². The molecule has 1 aliphatic rings. The van der Waals surface area contributed by atoms with Crippen LogP contribution in [0, 0.1) is 0 Å². The van der Waals surface area contributed by atoms with Crippen molar-refractivity contribution in [3.8, 4) is 0 Å². The van der Waals surface area contributed by atoms with Gasteiger partial charge in [-0.1, -0.05) is 0 Å². The van der Waals surface area contributed by atoms with Crippen LogP contribution in [0.4, 0.5) is 4.79 Å². The van der Waals surface area contributed by atoms with Crippen LogP contribution in [0.1, 0.15) is 12.5 Å². The van der Waals surface area contributed by atoms with Gasteiger partial charge in [0.15, 0.2) is 0 Å². The van der Waals surface area contributed by atoms with Gasteiger partial charge in [0, 0.05) is 45.6 Å². The maximum atomic E-state index is 12.2. The van der Waals surface area contributed by atoms with E-state index in [1.807, 2.05) is 19.1 Å². The summed E-state index contributed by atoms with van der Waals surface area (Å²) in [5.74, 6) is -0.0320. The highest BCUT2D eigenvalue weighted by molar-refractivity contribution is 5.78. The minimum absolute atomic E-state index is 0.0320. The molecule has 0 radical (unpaired) electrons. The molecule has 1 N–H and O–H groups in total. The molecule has 22 heavy (non-hydrogen) atoms. The van der Waals surface area contributed by atoms with Gasteiger partial charge >= 0.3 is 6.03 Å². The molecule has 0 bridgehead atoms. The third-order valence-electron chi connectivity index (χ3n) is 3.62. The van der Waals surface area contributed by atoms with Crippen molar-refractivity contribution in [2.24, 2.45) is 0 Å². The second kappa shape index (κ2) is 7.74. The van der Waals surface area contributed by atoms with Crippen LogP contribution in [-0.4, -0.2) is 66.1 Å². The Morgan fingerprint density at radius 1 is 1.50 bits per heavy atom. The number of hydrogen-bond acceptors (Lipinski definition) is 4. The third-order valence-corrected chi connectivity index (χ3v) is 3.62. The van der Waals surface area contributed by atoms with Crippen LogP contribution < -0.4 is 5.32 Å². The summed E-state index contributed by atoms with van der Waals surface area (Å²) in [5, 5.41) is 2.87. The van der Waals surface area contributed by atoms with Crippen molar-refractivity contribution in [1.29, 1.82) is 0 Å². The van der Waals surface area contributed by atoms with Crippen molar-refractivity contribution >= 4 is 11.9 Å². The van der Waals surface area contributed by atoms with Gasteiger partial charge < -0.3 is 19.9 Å². The maximum Gasteiger partial charge on any atom is 0.317 e. The van der Waals surface area contributed by atoms with Crippen molar-refractivity contribution in [2.75, 3.05) is 33.3 Å². The molecule has 1 saturated heterocycles. The topological polar surface area (TPSA) is 74.8 Å². The zero-order valence-electron chi connectivity index (χ0n) is 13.0. The molecule has 1 aliphatic heterocycles. The van der Waals surface area contributed by atoms with E-state index in [9.17, 15) is 9.59 Å². The molecule has 7 heteroatoms. The molecular weight excluding hydrogens is 284 g/mol. The molecule has 2 heterocycles. The van der Waals surface area contributed by atoms with Gasteiger partial charge in [-0.05, 0) is 24.6 Å². The summed E-state index contributed by atoms with van der Waals surface area (Å²) in [6.07, 6.45) is 3.26. The third kappa shape index (κ3) is 4.42. The number of amides is 3. The molecule has 120 valence electrons. The Morgan fingerprint density at radius 2 is 2.23 bits per heavy atom. The smallest absolute Gasteiger partial charge is 0.317 e. The van der Waals surface area contributed by atoms with E-state index in [1.54, 1.807) is 29.2 Å². The van der Waals surface area contributed by atoms with Crippen LogP contribution in [0.5, 0.6) is 0 Å². The lowest BCUT2D eigenvalue weighted by Crippen LogP contribution is -2.50. The SMILES string of the molecule is CCN(Cc1ccncc1)C(=O)NCC1CN(C)C(=O)CO1. The number of nitrogens with one attached hydrogen (secondary N) is 1. The van der Waals surface area contributed by atoms with Crippen LogP contribution >= 0.6 is 0 Å². The number of ether oxygens (including phenoxy) is 1. The number of pyridine rings is 1. The van der Waals surface area contributed by atoms with E-state index >= 15 is 0 Å². The predicted octanol–water partition coefficient (Wildman–Crippen LogP) is 0.470. The van der Waals surface area contributed by atoms with Crippen LogP contribution in [0.25, 0.3) is 0 Å². The number of morpholine rings is 1. The van der Waals surface area contributed by atoms with Gasteiger partial charge in [-0.25, -0.2) is 4.79 Å². The Balaban J connectivity index is 1.81. The van der Waals surface area contributed by atoms with E-state index in [0.717, 1.165) is 5.56 Å². The fourth-order valence-electron chi connectivity index (χ4n) is 2.23. The number of hydrogen-bond donors (Lipinski definition) is 1. The first-order valence-electron chi connectivity index (χ1n) is 7.37. The summed E-state index contributed by atoms with van der Waals surface area (Å²) >= 11 is 0. The number of carbonyl (C=O) groups is 2. The van der Waals surface area contributed by atoms with Crippen LogP contribution in [-0.2, 0) is 16.1 Å². The molecular formula is C15H22N4O3. The summed E-state index contributed by atoms with van der Waals surface area (Å²) in [6, 6.07) is 3.64. The Morgan fingerprint density at radius 3 is 2.86 bits per heavy atom. The normalized spacial score (nSPS) is 18.2. The number of likely N-dealkylation sites (N-methyl/N-ethyl adjacent to an activating group) is 1. The quantitative estimate of drug-likeness (QED) is 0.858. The molecule has 2 rings (SSSR count). The van der Waals surface area contributed by atoms with Gasteiger partial charge in [0.25, 0.3) is 0 Å². The summed E-state index contributed by atoms with van der Waals surface area (Å²) < 4.78 is 5.41. The fraction of sp³-hybridized carbons (Fsp3) is 0.533. The van der Waals surface area contributed by atoms with Crippen molar-refractivity contribution in [1.82, 2.24) is 20.1 Å². The number of nitrogens with zero attached hydrogens (tertiary/aromatic N) is 3. The lowest BCUT2D eigenvalue weighted by atomic mass is 10.2. The van der Waals surface area contributed by atoms with Crippen molar-refractivity contribution in [3.05, 3.63) is 30.1 Å². The van der Waals surface area contributed by atoms with E-state index in [2.05, 4.69) is 10.3 Å². The average Bonchev–Trinajstić information content (AvgIpc) is 2.54. The van der Waals surface area contributed by atoms with Crippen molar-refractivity contribution in [2.45, 2.75) is 19.6 Å². The number of urea groups is 1. The van der Waals surface area contributed by atoms with Crippen molar-refractivity contribution < 1.29 is 14.3 Å². The average molecular weight is 306 g/mol. The van der Waals surface area contributed by atoms with E-state index in [0.29, 0.717) is 26.2 Å². The van der Waals surface area contributed by atoms with Gasteiger partial charge in [0.1, 0.15) is 6.61 Å². The molecule has 0 aliphatic carbocycles. The van der Waals surface area contributed by atoms with Crippen molar-refractivity contribution in [3.63, 3.8) is 0 Å². The Hall–Kier alpha value is -2.15. The number of aromatic nitrogens is 1. The second-order valence-corrected chi connectivity index (χ2v) is 5.26. The summed E-state index contributed by atoms with van der Waals surface area (Å²) in [5.41, 5.74) is 1.03. The Kier molecular flexibility index (Phi) is 5.71. The Bertz CT molecular complexity index is 509. The van der Waals surface area contributed by atoms with Crippen LogP contribution in [0.3, 0.4) is 0 Å². The van der Waals surface area contributed by atoms with E-state index in [1.165, 1.54) is 0 Å². The Labute approximate surface area is 130 Å². The van der Waals surface area contributed by atoms with E-state index < -0.39 is 0 Å². The van der Waals surface area contributed by atoms with Gasteiger partial charge in [0.2, 0.25) is 5.91 Å². The molecule has 1 unspecified atom stereocenters. The zero-order valence-corrected chi connectivity index (χ0v) is 13.0. The molecule has 1 aromatic heterocycles. The highest BCUT2D eigenvalue weighted by Crippen LogP contribution is 2.05. The van der Waals surface area contributed by atoms with Gasteiger partial charge in [-0.15, -0.1) is 0 Å². The lowest BCUT2D eigenvalue weighted by molar-refractivity contribution is -0.146. The first-order valence-corrected chi connectivity index (χ1v) is 7.37. The molecule has 0 aromatic carbocycles. The first kappa shape index (κ1) is 16.2. The van der Waals surface area contributed by atoms with Gasteiger partial charge in [-0.3, -0.25) is 9.78 Å². The molecule has 0 spiro atoms. The largest absolute Gasteiger partial charge is 0.365 e. The molecule has 1 atom stereocenters. The molecule has 1 fully saturated rings. The molecule has 3 amide bonds. The van der Waals surface area contributed by atoms with Crippen LogP contribution in [0.2, 0.25) is 0 Å². The number of carbonyl (C=O) groups excluding carboxylic acids is 2. The highest BCUT2D eigenvalue weighted by atomic mass is 16.5. The molecule has 1 aromatic rings. The second-order valence-electron chi connectivity index (χ2n) is 5.26. The minimum Gasteiger partial charge on any atom is -0.365 e. The predicted molar refractivity (Wildman–Crippen MR) is 81.1 cm³/mol. The minimum atomic E-state index is -0.161. The monoisotopic (exact) mass is 306 g/mol. The summed E-state index contributed by atoms with van der Waals surface area (Å²) in [7, 11) is 1.74. The fourth-order valence-corrected chi connectivity index (χ4v) is 2.23. The standard InChI is InChI=1S/C15H22N4O3/c1-3-19(9-12-4-6-16-7-5-12)15(21)17-8-13-10-18(2)14(20)11-22-13/h4-7,13H,3,8-11H2,1-2H3,(H,17,21). The maximum absolute atomic E-state index is 12.2. The first-order chi connectivity index (χ1) is 10.6. The van der Waals surface area contributed by atoms with Gasteiger partial charge in [0.05, 0.1) is 6.10 Å². The summed E-state index contributed by atoms with van der Waals surface area (Å²) in [6.45, 7) is 4.04. The molecule has 0 saturated carbocycles. The lowest BCUT2D eigenvalue weighted by Gasteiger charge is -2.30. The molecule has 7 nitrogen and oxygen atoms in total. The van der Waals surface area contributed by atoms with Gasteiger partial charge in [-0.2, -0.15) is 0 Å². The van der Waals surface area contributed by atoms with E-state index in [-0.39, 0.29) is 24.6 Å². The van der Waals surface area contributed by atoms with E-state index in [4.69, 9.17) is 4.74 Å².